The minimum atomic E-state index is -3.79. The quantitative estimate of drug-likeness (QED) is 0.0889. The van der Waals surface area contributed by atoms with Crippen LogP contribution in [-0.4, -0.2) is 55.9 Å². The molecule has 2 atom stereocenters. The number of alkyl carbamates (subject to hydrolysis) is 1. The van der Waals surface area contributed by atoms with Crippen molar-refractivity contribution >= 4 is 28.1 Å². The molecule has 0 saturated carbocycles. The molecule has 10 nitrogen and oxygen atoms in total. The van der Waals surface area contributed by atoms with Crippen LogP contribution in [0.5, 0.6) is 0 Å². The second-order valence-electron chi connectivity index (χ2n) is 15.1. The summed E-state index contributed by atoms with van der Waals surface area (Å²) in [5.41, 5.74) is 0.773. The van der Waals surface area contributed by atoms with Crippen molar-refractivity contribution in [2.45, 2.75) is 136 Å². The summed E-state index contributed by atoms with van der Waals surface area (Å²) >= 11 is 0. The van der Waals surface area contributed by atoms with Crippen molar-refractivity contribution in [2.75, 3.05) is 6.61 Å². The molecule has 0 bridgehead atoms. The number of carbonyl (C=O) groups is 3. The summed E-state index contributed by atoms with van der Waals surface area (Å²) in [6, 6.07) is 13.5. The molecule has 2 aromatic rings. The largest absolute Gasteiger partial charge is 0.460 e. The lowest BCUT2D eigenvalue weighted by Gasteiger charge is -2.29. The van der Waals surface area contributed by atoms with E-state index < -0.39 is 56.9 Å². The Bertz CT molecular complexity index is 1450. The fourth-order valence-corrected chi connectivity index (χ4v) is 5.62. The van der Waals surface area contributed by atoms with E-state index in [0.29, 0.717) is 32.1 Å². The van der Waals surface area contributed by atoms with E-state index >= 15 is 0 Å². The van der Waals surface area contributed by atoms with Crippen molar-refractivity contribution in [2.24, 2.45) is 5.92 Å². The Balaban J connectivity index is 2.02. The molecular weight excluding hydrogens is 634 g/mol. The summed E-state index contributed by atoms with van der Waals surface area (Å²) in [5, 5.41) is 2.61. The lowest BCUT2D eigenvalue weighted by atomic mass is 9.92. The second kappa shape index (κ2) is 17.3. The Kier molecular flexibility index (Phi) is 14.7. The molecular formula is C37H55NO9S. The van der Waals surface area contributed by atoms with Gasteiger partial charge in [-0.1, -0.05) is 42.0 Å². The molecule has 0 fully saturated rings. The van der Waals surface area contributed by atoms with Gasteiger partial charge in [-0.25, -0.2) is 9.59 Å². The summed E-state index contributed by atoms with van der Waals surface area (Å²) in [5.74, 6) is -1.80. The molecule has 0 aliphatic carbocycles. The van der Waals surface area contributed by atoms with E-state index in [1.54, 1.807) is 86.6 Å². The number of aryl methyl sites for hydroxylation is 3. The van der Waals surface area contributed by atoms with E-state index in [0.717, 1.165) is 16.7 Å². The molecule has 0 aromatic heterocycles. The van der Waals surface area contributed by atoms with Crippen LogP contribution in [0.2, 0.25) is 0 Å². The number of carbonyl (C=O) groups excluding carboxylic acids is 3. The minimum Gasteiger partial charge on any atom is -0.460 e. The monoisotopic (exact) mass is 689 g/mol. The number of nitrogens with one attached hydrogen (secondary N) is 1. The summed E-state index contributed by atoms with van der Waals surface area (Å²) in [4.78, 5) is 39.3. The SMILES string of the molecule is Cc1ccc(S(=O)(=O)OCCCc2ccc(CCC[C@@H](CC(NC(=O)OC(C)(C)C)C(=O)OC(C)(C)C)C(=O)OC(C)(C)C)cc2)cc1. The number of esters is 2. The van der Waals surface area contributed by atoms with Crippen molar-refractivity contribution < 1.29 is 41.2 Å². The molecule has 11 heteroatoms. The molecule has 0 heterocycles. The summed E-state index contributed by atoms with van der Waals surface area (Å²) in [6.45, 7) is 17.7. The van der Waals surface area contributed by atoms with Crippen LogP contribution < -0.4 is 5.32 Å². The summed E-state index contributed by atoms with van der Waals surface area (Å²) in [7, 11) is -3.79. The van der Waals surface area contributed by atoms with E-state index in [1.165, 1.54) is 0 Å². The number of amides is 1. The molecule has 2 rings (SSSR count). The summed E-state index contributed by atoms with van der Waals surface area (Å²) < 4.78 is 46.7. The molecule has 268 valence electrons. The van der Waals surface area contributed by atoms with E-state index in [4.69, 9.17) is 18.4 Å². The molecule has 0 aliphatic heterocycles. The number of benzene rings is 2. The van der Waals surface area contributed by atoms with Crippen molar-refractivity contribution in [1.29, 1.82) is 0 Å². The summed E-state index contributed by atoms with van der Waals surface area (Å²) in [6.07, 6.45) is 2.12. The van der Waals surface area contributed by atoms with E-state index in [-0.39, 0.29) is 17.9 Å². The molecule has 1 unspecified atom stereocenters. The number of rotatable bonds is 15. The van der Waals surface area contributed by atoms with Crippen LogP contribution in [0.3, 0.4) is 0 Å². The fraction of sp³-hybridized carbons (Fsp3) is 0.595. The molecule has 0 radical (unpaired) electrons. The van der Waals surface area contributed by atoms with Gasteiger partial charge >= 0.3 is 18.0 Å². The van der Waals surface area contributed by atoms with Gasteiger partial charge in [0.05, 0.1) is 17.4 Å². The van der Waals surface area contributed by atoms with Crippen LogP contribution in [0.25, 0.3) is 0 Å². The van der Waals surface area contributed by atoms with Crippen LogP contribution >= 0.6 is 0 Å². The Labute approximate surface area is 287 Å². The van der Waals surface area contributed by atoms with Crippen LogP contribution in [0, 0.1) is 12.8 Å². The van der Waals surface area contributed by atoms with Gasteiger partial charge in [0.25, 0.3) is 10.1 Å². The van der Waals surface area contributed by atoms with Gasteiger partial charge in [-0.2, -0.15) is 8.42 Å². The van der Waals surface area contributed by atoms with Gasteiger partial charge in [0.2, 0.25) is 0 Å². The van der Waals surface area contributed by atoms with Crippen LogP contribution in [0.4, 0.5) is 4.79 Å². The first-order valence-corrected chi connectivity index (χ1v) is 17.9. The molecule has 0 aliphatic rings. The first-order valence-electron chi connectivity index (χ1n) is 16.5. The van der Waals surface area contributed by atoms with E-state index in [2.05, 4.69) is 5.32 Å². The smallest absolute Gasteiger partial charge is 0.408 e. The maximum absolute atomic E-state index is 13.3. The number of ether oxygens (including phenoxy) is 3. The average molecular weight is 690 g/mol. The Morgan fingerprint density at radius 1 is 0.688 bits per heavy atom. The minimum absolute atomic E-state index is 0.0102. The molecule has 0 spiro atoms. The third-order valence-electron chi connectivity index (χ3n) is 6.84. The normalized spacial score (nSPS) is 13.7. The predicted molar refractivity (Wildman–Crippen MR) is 185 cm³/mol. The third-order valence-corrected chi connectivity index (χ3v) is 8.17. The second-order valence-corrected chi connectivity index (χ2v) is 16.7. The van der Waals surface area contributed by atoms with Gasteiger partial charge in [-0.3, -0.25) is 8.98 Å². The molecule has 2 aromatic carbocycles. The average Bonchev–Trinajstić information content (AvgIpc) is 2.92. The van der Waals surface area contributed by atoms with Crippen LogP contribution in [-0.2, 0) is 50.9 Å². The van der Waals surface area contributed by atoms with Crippen LogP contribution in [0.15, 0.2) is 53.4 Å². The highest BCUT2D eigenvalue weighted by molar-refractivity contribution is 7.86. The number of hydrogen-bond acceptors (Lipinski definition) is 9. The Morgan fingerprint density at radius 2 is 1.17 bits per heavy atom. The molecule has 1 amide bonds. The highest BCUT2D eigenvalue weighted by Gasteiger charge is 2.34. The maximum Gasteiger partial charge on any atom is 0.408 e. The van der Waals surface area contributed by atoms with Crippen molar-refractivity contribution in [3.63, 3.8) is 0 Å². The lowest BCUT2D eigenvalue weighted by molar-refractivity contribution is -0.163. The third kappa shape index (κ3) is 16.1. The fourth-order valence-electron chi connectivity index (χ4n) is 4.68. The standard InChI is InChI=1S/C37H55NO9S/c1-26-16-22-30(23-17-26)48(42,43)44-24-12-14-28-20-18-27(19-21-28)13-11-15-29(32(39)45-35(2,3)4)25-31(33(40)46-36(5,6)7)38-34(41)47-37(8,9)10/h16-23,29,31H,11-15,24-25H2,1-10H3,(H,38,41)/t29-,31?/m0/s1. The highest BCUT2D eigenvalue weighted by Crippen LogP contribution is 2.24. The number of hydrogen-bond donors (Lipinski definition) is 1. The lowest BCUT2D eigenvalue weighted by Crippen LogP contribution is -2.47. The zero-order valence-electron chi connectivity index (χ0n) is 30.3. The first-order chi connectivity index (χ1) is 22.0. The van der Waals surface area contributed by atoms with Gasteiger partial charge < -0.3 is 19.5 Å². The van der Waals surface area contributed by atoms with Crippen molar-refractivity contribution in [1.82, 2.24) is 5.32 Å². The first kappa shape index (κ1) is 40.7. The molecule has 0 saturated heterocycles. The molecule has 1 N–H and O–H groups in total. The van der Waals surface area contributed by atoms with Crippen molar-refractivity contribution in [3.8, 4) is 0 Å². The Hall–Kier alpha value is -3.44. The van der Waals surface area contributed by atoms with Crippen molar-refractivity contribution in [3.05, 3.63) is 65.2 Å². The van der Waals surface area contributed by atoms with E-state index in [1.807, 2.05) is 31.2 Å². The molecule has 48 heavy (non-hydrogen) atoms. The van der Waals surface area contributed by atoms with Crippen LogP contribution in [0.1, 0.15) is 105 Å². The van der Waals surface area contributed by atoms with Gasteiger partial charge in [0, 0.05) is 0 Å². The zero-order valence-corrected chi connectivity index (χ0v) is 31.1. The topological polar surface area (TPSA) is 134 Å². The highest BCUT2D eigenvalue weighted by atomic mass is 32.2. The van der Waals surface area contributed by atoms with Gasteiger partial charge in [0.1, 0.15) is 22.8 Å². The van der Waals surface area contributed by atoms with Gasteiger partial charge in [-0.05, 0) is 131 Å². The van der Waals surface area contributed by atoms with Gasteiger partial charge in [0.15, 0.2) is 0 Å². The maximum atomic E-state index is 13.3. The van der Waals surface area contributed by atoms with Gasteiger partial charge in [-0.15, -0.1) is 0 Å². The predicted octanol–water partition coefficient (Wildman–Crippen LogP) is 7.24. The Morgan fingerprint density at radius 3 is 1.67 bits per heavy atom. The van der Waals surface area contributed by atoms with E-state index in [9.17, 15) is 22.8 Å². The zero-order chi connectivity index (χ0) is 36.3.